The molecule has 26 heteroatoms. The van der Waals surface area contributed by atoms with Crippen LogP contribution < -0.4 is 0 Å². The largest absolute Gasteiger partial charge is 0.264 e. The zero-order valence-corrected chi connectivity index (χ0v) is 47.2. The van der Waals surface area contributed by atoms with Crippen LogP contribution in [0.3, 0.4) is 0 Å². The number of hydrogen-bond donors (Lipinski definition) is 0. The van der Waals surface area contributed by atoms with Crippen LogP contribution in [0.5, 0.6) is 0 Å². The van der Waals surface area contributed by atoms with Crippen molar-refractivity contribution in [3.8, 4) is 57.2 Å². The van der Waals surface area contributed by atoms with E-state index in [4.69, 9.17) is 0 Å². The molecule has 26 nitrogen and oxygen atoms in total. The van der Waals surface area contributed by atoms with Crippen LogP contribution in [-0.4, -0.2) is 131 Å². The van der Waals surface area contributed by atoms with Gasteiger partial charge in [0.05, 0.1) is 0 Å². The second-order valence-electron chi connectivity index (χ2n) is 13.9. The molecule has 10 rings (SSSR count). The third-order valence-corrected chi connectivity index (χ3v) is 9.22. The van der Waals surface area contributed by atoms with Crippen molar-refractivity contribution >= 4 is 0 Å². The smallest absolute Gasteiger partial charge is 0.200 e. The fourth-order valence-corrected chi connectivity index (χ4v) is 5.73. The van der Waals surface area contributed by atoms with E-state index in [0.29, 0.717) is 11.6 Å². The van der Waals surface area contributed by atoms with E-state index in [1.807, 2.05) is 161 Å². The highest BCUT2D eigenvalue weighted by atomic mass is 15.6. The Kier molecular flexibility index (Phi) is 30.8. The van der Waals surface area contributed by atoms with Gasteiger partial charge >= 0.3 is 0 Å². The summed E-state index contributed by atoms with van der Waals surface area (Å²) in [5.41, 5.74) is 9.69. The van der Waals surface area contributed by atoms with E-state index in [2.05, 4.69) is 108 Å². The Morgan fingerprint density at radius 1 is 0.320 bits per heavy atom. The number of tetrazole rings is 5. The molecule has 75 heavy (non-hydrogen) atoms. The summed E-state index contributed by atoms with van der Waals surface area (Å²) in [6.07, 6.45) is 13.7. The fourth-order valence-electron chi connectivity index (χ4n) is 5.73. The molecule has 10 aromatic rings. The number of hydrogen-bond acceptors (Lipinski definition) is 21. The number of nitrogens with zero attached hydrogens (tertiary/aromatic N) is 26. The molecule has 0 spiro atoms. The zero-order valence-electron chi connectivity index (χ0n) is 47.2. The maximum absolute atomic E-state index is 4.22. The number of aromatic nitrogens is 26. The van der Waals surface area contributed by atoms with Gasteiger partial charge in [0.25, 0.3) is 0 Å². The normalized spacial score (nSPS) is 9.33. The van der Waals surface area contributed by atoms with Crippen LogP contribution in [0.15, 0.2) is 86.1 Å². The van der Waals surface area contributed by atoms with Crippen molar-refractivity contribution in [2.75, 3.05) is 0 Å². The minimum absolute atomic E-state index is 0.653. The molecule has 0 saturated heterocycles. The number of rotatable bonds is 5. The highest BCUT2D eigenvalue weighted by Crippen LogP contribution is 2.20. The summed E-state index contributed by atoms with van der Waals surface area (Å²) < 4.78 is 8.08. The standard InChI is InChI=1S/4C8H9N5.C7H8N6.5C2H6/c1-6-5-9-4-3-7(6)8-10-11-12-13(8)2;1-6-3-4-9-5-7(6)8-10-11-12-13(8)2;1-6-7(4-3-5-9-6)8-10-11-12-13(8)2;1-6-4-3-5-9-7(6)8-10-11-12-13(8)2;1-5-3-8-4-9-6(5)7-10-11-12-13(7)2;5*1-2/h4*3-5H,1-2H3;3-4H,1-2H3;5*1-2H3. The Balaban J connectivity index is 0.000000449. The van der Waals surface area contributed by atoms with E-state index in [1.54, 1.807) is 80.9 Å². The van der Waals surface area contributed by atoms with Gasteiger partial charge in [0.1, 0.15) is 17.7 Å². The predicted molar refractivity (Wildman–Crippen MR) is 288 cm³/mol. The lowest BCUT2D eigenvalue weighted by Gasteiger charge is -2.01. The molecular formula is C49H74N26. The average molecular weight is 1030 g/mol. The molecule has 0 bridgehead atoms. The highest BCUT2D eigenvalue weighted by Gasteiger charge is 2.12. The minimum Gasteiger partial charge on any atom is -0.264 e. The van der Waals surface area contributed by atoms with Gasteiger partial charge in [-0.25, -0.2) is 33.4 Å². The third-order valence-electron chi connectivity index (χ3n) is 9.22. The molecule has 400 valence electrons. The summed E-state index contributed by atoms with van der Waals surface area (Å²) in [4.78, 5) is 24.4. The first-order chi connectivity index (χ1) is 36.4. The zero-order chi connectivity index (χ0) is 56.3. The van der Waals surface area contributed by atoms with E-state index >= 15 is 0 Å². The van der Waals surface area contributed by atoms with Crippen molar-refractivity contribution in [3.05, 3.63) is 114 Å². The van der Waals surface area contributed by atoms with Gasteiger partial charge in [0.2, 0.25) is 11.6 Å². The molecular weight excluding hydrogens is 953 g/mol. The van der Waals surface area contributed by atoms with Crippen LogP contribution in [0, 0.1) is 34.6 Å². The Hall–Kier alpha value is -8.97. The van der Waals surface area contributed by atoms with E-state index < -0.39 is 0 Å². The molecule has 0 aliphatic rings. The summed E-state index contributed by atoms with van der Waals surface area (Å²) in [7, 11) is 9.00. The fraction of sp³-hybridized carbons (Fsp3) is 0.408. The topological polar surface area (TPSA) is 295 Å². The van der Waals surface area contributed by atoms with Gasteiger partial charge in [-0.05, 0) is 139 Å². The van der Waals surface area contributed by atoms with Gasteiger partial charge in [-0.1, -0.05) is 75.3 Å². The molecule has 0 N–H and O–H groups in total. The van der Waals surface area contributed by atoms with Crippen LogP contribution >= 0.6 is 0 Å². The van der Waals surface area contributed by atoms with Crippen LogP contribution in [0.1, 0.15) is 97.2 Å². The van der Waals surface area contributed by atoms with Gasteiger partial charge in [0.15, 0.2) is 17.5 Å². The van der Waals surface area contributed by atoms with E-state index in [-0.39, 0.29) is 0 Å². The van der Waals surface area contributed by atoms with Gasteiger partial charge < -0.3 is 0 Å². The molecule has 0 atom stereocenters. The first-order valence-corrected chi connectivity index (χ1v) is 24.5. The Bertz CT molecular complexity index is 2580. The molecule has 10 aromatic heterocycles. The SMILES string of the molecule is CC.CC.CC.CC.CC.Cc1cccnc1-c1nnnn1C.Cc1ccncc1-c1nnnn1C.Cc1cnccc1-c1nnnn1C.Cc1cncnc1-c1nnnn1C.Cc1ncccc1-c1nnnn1C. The lowest BCUT2D eigenvalue weighted by molar-refractivity contribution is 0.713. The van der Waals surface area contributed by atoms with Crippen molar-refractivity contribution in [2.45, 2.75) is 104 Å². The first-order valence-electron chi connectivity index (χ1n) is 24.5. The molecule has 0 unspecified atom stereocenters. The molecule has 0 amide bonds. The van der Waals surface area contributed by atoms with Crippen molar-refractivity contribution in [3.63, 3.8) is 0 Å². The van der Waals surface area contributed by atoms with E-state index in [0.717, 1.165) is 73.5 Å². The first kappa shape index (κ1) is 64.0. The summed E-state index contributed by atoms with van der Waals surface area (Å²) in [6, 6.07) is 11.5. The van der Waals surface area contributed by atoms with Crippen LogP contribution in [0.25, 0.3) is 57.2 Å². The lowest BCUT2D eigenvalue weighted by atomic mass is 10.1. The monoisotopic (exact) mass is 1030 g/mol. The van der Waals surface area contributed by atoms with Crippen molar-refractivity contribution < 1.29 is 0 Å². The second kappa shape index (κ2) is 36.0. The van der Waals surface area contributed by atoms with Crippen molar-refractivity contribution in [1.82, 2.24) is 131 Å². The Morgan fingerprint density at radius 2 is 0.720 bits per heavy atom. The summed E-state index contributed by atoms with van der Waals surface area (Å²) in [5.74, 6) is 3.59. The molecule has 0 saturated carbocycles. The van der Waals surface area contributed by atoms with Crippen LogP contribution in [-0.2, 0) is 35.2 Å². The lowest BCUT2D eigenvalue weighted by Crippen LogP contribution is -1.98. The predicted octanol–water partition coefficient (Wildman–Crippen LogP) is 7.43. The highest BCUT2D eigenvalue weighted by molar-refractivity contribution is 5.59. The van der Waals surface area contributed by atoms with E-state index in [9.17, 15) is 0 Å². The van der Waals surface area contributed by atoms with Gasteiger partial charge in [-0.15, -0.1) is 25.5 Å². The molecule has 0 radical (unpaired) electrons. The molecule has 0 aliphatic heterocycles. The quantitative estimate of drug-likeness (QED) is 0.162. The number of pyridine rings is 4. The molecule has 0 aromatic carbocycles. The summed E-state index contributed by atoms with van der Waals surface area (Å²) >= 11 is 0. The maximum Gasteiger partial charge on any atom is 0.200 e. The molecule has 10 heterocycles. The minimum atomic E-state index is 0.653. The van der Waals surface area contributed by atoms with Gasteiger partial charge in [-0.3, -0.25) is 19.9 Å². The van der Waals surface area contributed by atoms with E-state index in [1.165, 1.54) is 6.33 Å². The summed E-state index contributed by atoms with van der Waals surface area (Å²) in [5, 5.41) is 56.1. The Morgan fingerprint density at radius 3 is 1.15 bits per heavy atom. The van der Waals surface area contributed by atoms with Crippen LogP contribution in [0.2, 0.25) is 0 Å². The average Bonchev–Trinajstić information content (AvgIpc) is 4.33. The maximum atomic E-state index is 4.22. The van der Waals surface area contributed by atoms with Crippen LogP contribution in [0.4, 0.5) is 0 Å². The van der Waals surface area contributed by atoms with Crippen molar-refractivity contribution in [2.24, 2.45) is 35.2 Å². The Labute approximate surface area is 440 Å². The van der Waals surface area contributed by atoms with Gasteiger partial charge in [0, 0.05) is 101 Å². The summed E-state index contributed by atoms with van der Waals surface area (Å²) in [6.45, 7) is 29.8. The third kappa shape index (κ3) is 19.2. The van der Waals surface area contributed by atoms with Gasteiger partial charge in [-0.2, -0.15) is 0 Å². The molecule has 0 fully saturated rings. The van der Waals surface area contributed by atoms with Crippen molar-refractivity contribution in [1.29, 1.82) is 0 Å². The molecule has 0 aliphatic carbocycles. The second-order valence-corrected chi connectivity index (χ2v) is 13.9. The number of aryl methyl sites for hydroxylation is 10.